The van der Waals surface area contributed by atoms with Crippen LogP contribution in [0, 0.1) is 0 Å². The van der Waals surface area contributed by atoms with Crippen LogP contribution in [0.15, 0.2) is 35.6 Å². The third-order valence-corrected chi connectivity index (χ3v) is 4.64. The Morgan fingerprint density at radius 3 is 2.70 bits per heavy atom. The summed E-state index contributed by atoms with van der Waals surface area (Å²) < 4.78 is 39.1. The molecular weight excluding hydrogens is 349 g/mol. The number of thioether (sulfide) groups is 1. The van der Waals surface area contributed by atoms with Gasteiger partial charge in [-0.25, -0.2) is 0 Å². The molecule has 0 fully saturated rings. The van der Waals surface area contributed by atoms with Crippen molar-refractivity contribution < 1.29 is 13.2 Å². The zero-order valence-electron chi connectivity index (χ0n) is 11.8. The molecule has 9 heteroatoms. The largest absolute Gasteiger partial charge is 0.451 e. The van der Waals surface area contributed by atoms with Crippen molar-refractivity contribution in [3.05, 3.63) is 46.9 Å². The maximum absolute atomic E-state index is 12.7. The van der Waals surface area contributed by atoms with E-state index in [-0.39, 0.29) is 5.16 Å². The van der Waals surface area contributed by atoms with E-state index >= 15 is 0 Å². The summed E-state index contributed by atoms with van der Waals surface area (Å²) in [6.07, 6.45) is -2.87. The van der Waals surface area contributed by atoms with Gasteiger partial charge in [-0.2, -0.15) is 13.2 Å². The minimum atomic E-state index is -4.52. The molecule has 0 atom stereocenters. The van der Waals surface area contributed by atoms with E-state index in [1.165, 1.54) is 7.05 Å². The highest BCUT2D eigenvalue weighted by Gasteiger charge is 2.37. The van der Waals surface area contributed by atoms with Crippen molar-refractivity contribution in [2.24, 2.45) is 7.05 Å². The molecule has 0 aliphatic heterocycles. The van der Waals surface area contributed by atoms with Crippen molar-refractivity contribution in [2.75, 3.05) is 0 Å². The van der Waals surface area contributed by atoms with E-state index < -0.39 is 12.0 Å². The maximum Gasteiger partial charge on any atom is 0.451 e. The minimum absolute atomic E-state index is 0.191. The standard InChI is InChI=1S/C14H10ClF3N4S/c1-22-12(14(16,17)18)20-21-13(22)23-7-8-4-5-10(15)9-3-2-6-19-11(8)9/h2-6H,7H2,1H3. The molecule has 2 heterocycles. The maximum atomic E-state index is 12.7. The molecule has 0 radical (unpaired) electrons. The summed E-state index contributed by atoms with van der Waals surface area (Å²) in [5.41, 5.74) is 1.59. The minimum Gasteiger partial charge on any atom is -0.302 e. The summed E-state index contributed by atoms with van der Waals surface area (Å²) in [4.78, 5) is 4.30. The highest BCUT2D eigenvalue weighted by atomic mass is 35.5. The molecule has 4 nitrogen and oxygen atoms in total. The van der Waals surface area contributed by atoms with Crippen LogP contribution in [0.1, 0.15) is 11.4 Å². The topological polar surface area (TPSA) is 43.6 Å². The van der Waals surface area contributed by atoms with Crippen LogP contribution in [0.3, 0.4) is 0 Å². The second-order valence-corrected chi connectivity index (χ2v) is 6.11. The highest BCUT2D eigenvalue weighted by Crippen LogP contribution is 2.32. The Labute approximate surface area is 138 Å². The zero-order valence-corrected chi connectivity index (χ0v) is 13.4. The number of halogens is 4. The van der Waals surface area contributed by atoms with Gasteiger partial charge in [-0.15, -0.1) is 10.2 Å². The summed E-state index contributed by atoms with van der Waals surface area (Å²) in [6, 6.07) is 7.19. The summed E-state index contributed by atoms with van der Waals surface area (Å²) in [5.74, 6) is -0.604. The van der Waals surface area contributed by atoms with Gasteiger partial charge in [0.15, 0.2) is 5.16 Å². The molecule has 1 aromatic carbocycles. The second-order valence-electron chi connectivity index (χ2n) is 4.76. The zero-order chi connectivity index (χ0) is 16.6. The molecule has 2 aromatic heterocycles. The lowest BCUT2D eigenvalue weighted by Gasteiger charge is -2.08. The fourth-order valence-corrected chi connectivity index (χ4v) is 3.25. The first-order valence-corrected chi connectivity index (χ1v) is 7.86. The van der Waals surface area contributed by atoms with Crippen molar-refractivity contribution in [3.63, 3.8) is 0 Å². The Balaban J connectivity index is 1.88. The smallest absolute Gasteiger partial charge is 0.302 e. The molecule has 23 heavy (non-hydrogen) atoms. The highest BCUT2D eigenvalue weighted by molar-refractivity contribution is 7.98. The number of hydrogen-bond acceptors (Lipinski definition) is 4. The lowest BCUT2D eigenvalue weighted by atomic mass is 10.1. The second kappa shape index (κ2) is 6.01. The number of aromatic nitrogens is 4. The van der Waals surface area contributed by atoms with Gasteiger partial charge in [-0.3, -0.25) is 4.98 Å². The molecule has 120 valence electrons. The molecule has 0 N–H and O–H groups in total. The SMILES string of the molecule is Cn1c(SCc2ccc(Cl)c3cccnc23)nnc1C(F)(F)F. The van der Waals surface area contributed by atoms with Crippen LogP contribution in [0.4, 0.5) is 13.2 Å². The van der Waals surface area contributed by atoms with Gasteiger partial charge in [0.2, 0.25) is 5.82 Å². The molecule has 3 aromatic rings. The number of fused-ring (bicyclic) bond motifs is 1. The first-order chi connectivity index (χ1) is 10.9. The molecule has 0 unspecified atom stereocenters. The number of nitrogens with zero attached hydrogens (tertiary/aromatic N) is 4. The molecule has 0 saturated carbocycles. The van der Waals surface area contributed by atoms with Crippen LogP contribution in [-0.4, -0.2) is 19.7 Å². The van der Waals surface area contributed by atoms with Gasteiger partial charge in [0.05, 0.1) is 5.52 Å². The van der Waals surface area contributed by atoms with E-state index in [4.69, 9.17) is 11.6 Å². The quantitative estimate of drug-likeness (QED) is 0.654. The van der Waals surface area contributed by atoms with Gasteiger partial charge in [0.1, 0.15) is 0 Å². The molecule has 0 aliphatic carbocycles. The molecule has 0 aliphatic rings. The summed E-state index contributed by atoms with van der Waals surface area (Å²) in [6.45, 7) is 0. The summed E-state index contributed by atoms with van der Waals surface area (Å²) in [5, 5.41) is 8.39. The molecular formula is C14H10ClF3N4S. The average Bonchev–Trinajstić information content (AvgIpc) is 2.88. The van der Waals surface area contributed by atoms with Crippen LogP contribution in [-0.2, 0) is 19.0 Å². The number of rotatable bonds is 3. The van der Waals surface area contributed by atoms with E-state index in [2.05, 4.69) is 15.2 Å². The number of hydrogen-bond donors (Lipinski definition) is 0. The third-order valence-electron chi connectivity index (χ3n) is 3.25. The fraction of sp³-hybridized carbons (Fsp3) is 0.214. The van der Waals surface area contributed by atoms with Crippen LogP contribution in [0.25, 0.3) is 10.9 Å². The molecule has 0 saturated heterocycles. The van der Waals surface area contributed by atoms with E-state index in [0.717, 1.165) is 32.8 Å². The van der Waals surface area contributed by atoms with Gasteiger partial charge in [0.25, 0.3) is 0 Å². The molecule has 3 rings (SSSR count). The summed E-state index contributed by atoms with van der Waals surface area (Å²) in [7, 11) is 1.30. The number of benzene rings is 1. The van der Waals surface area contributed by atoms with Crippen molar-refractivity contribution >= 4 is 34.3 Å². The normalized spacial score (nSPS) is 12.0. The Morgan fingerprint density at radius 2 is 2.00 bits per heavy atom. The number of alkyl halides is 3. The van der Waals surface area contributed by atoms with Gasteiger partial charge in [0, 0.05) is 29.4 Å². The Hall–Kier alpha value is -1.80. The predicted molar refractivity (Wildman–Crippen MR) is 82.3 cm³/mol. The van der Waals surface area contributed by atoms with E-state index in [0.29, 0.717) is 10.8 Å². The van der Waals surface area contributed by atoms with Gasteiger partial charge >= 0.3 is 6.18 Å². The Kier molecular flexibility index (Phi) is 4.20. The first-order valence-electron chi connectivity index (χ1n) is 6.49. The van der Waals surface area contributed by atoms with Gasteiger partial charge < -0.3 is 4.57 Å². The van der Waals surface area contributed by atoms with E-state index in [1.807, 2.05) is 12.1 Å². The fourth-order valence-electron chi connectivity index (χ4n) is 2.14. The van der Waals surface area contributed by atoms with Crippen molar-refractivity contribution in [3.8, 4) is 0 Å². The van der Waals surface area contributed by atoms with Gasteiger partial charge in [-0.1, -0.05) is 29.4 Å². The van der Waals surface area contributed by atoms with Crippen molar-refractivity contribution in [2.45, 2.75) is 17.1 Å². The van der Waals surface area contributed by atoms with Crippen molar-refractivity contribution in [1.82, 2.24) is 19.7 Å². The van der Waals surface area contributed by atoms with Gasteiger partial charge in [-0.05, 0) is 23.8 Å². The van der Waals surface area contributed by atoms with Crippen LogP contribution >= 0.6 is 23.4 Å². The van der Waals surface area contributed by atoms with E-state index in [1.54, 1.807) is 18.3 Å². The lowest BCUT2D eigenvalue weighted by Crippen LogP contribution is -2.12. The monoisotopic (exact) mass is 358 g/mol. The molecule has 0 bridgehead atoms. The van der Waals surface area contributed by atoms with Crippen LogP contribution in [0.5, 0.6) is 0 Å². The predicted octanol–water partition coefficient (Wildman–Crippen LogP) is 4.33. The lowest BCUT2D eigenvalue weighted by molar-refractivity contribution is -0.147. The first kappa shape index (κ1) is 16.1. The average molecular weight is 359 g/mol. The molecule has 0 spiro atoms. The number of pyridine rings is 1. The molecule has 0 amide bonds. The summed E-state index contributed by atoms with van der Waals surface area (Å²) >= 11 is 7.29. The Morgan fingerprint density at radius 1 is 1.22 bits per heavy atom. The van der Waals surface area contributed by atoms with E-state index in [9.17, 15) is 13.2 Å². The van der Waals surface area contributed by atoms with Crippen LogP contribution in [0.2, 0.25) is 5.02 Å². The van der Waals surface area contributed by atoms with Crippen LogP contribution < -0.4 is 0 Å². The van der Waals surface area contributed by atoms with Crippen molar-refractivity contribution in [1.29, 1.82) is 0 Å². The Bertz CT molecular complexity index is 863. The third kappa shape index (κ3) is 3.13.